The Hall–Kier alpha value is -0.330. The maximum absolute atomic E-state index is 10.3. The molecule has 0 aromatic carbocycles. The molecule has 1 aliphatic rings. The number of hydrogen-bond donors (Lipinski definition) is 4. The SMILES string of the molecule is O=C1CCC(=S)N1.O=P(O)(O)O. The first-order valence-corrected chi connectivity index (χ1v) is 4.87. The topological polar surface area (TPSA) is 107 Å². The normalized spacial score (nSPS) is 16.6. The molecule has 0 atom stereocenters. The molecule has 6 nitrogen and oxygen atoms in total. The van der Waals surface area contributed by atoms with Gasteiger partial charge < -0.3 is 20.0 Å². The molecule has 8 heteroatoms. The van der Waals surface area contributed by atoms with Crippen molar-refractivity contribution in [2.45, 2.75) is 12.8 Å². The Kier molecular flexibility index (Phi) is 4.51. The van der Waals surface area contributed by atoms with E-state index >= 15 is 0 Å². The summed E-state index contributed by atoms with van der Waals surface area (Å²) in [4.78, 5) is 32.5. The highest BCUT2D eigenvalue weighted by Gasteiger charge is 2.12. The smallest absolute Gasteiger partial charge is 0.320 e. The van der Waals surface area contributed by atoms with Gasteiger partial charge in [-0.2, -0.15) is 0 Å². The fraction of sp³-hybridized carbons (Fsp3) is 0.500. The Bertz CT molecular complexity index is 213. The summed E-state index contributed by atoms with van der Waals surface area (Å²) < 4.78 is 8.88. The lowest BCUT2D eigenvalue weighted by atomic mass is 10.4. The van der Waals surface area contributed by atoms with Gasteiger partial charge in [-0.1, -0.05) is 12.2 Å². The second kappa shape index (κ2) is 4.64. The Morgan fingerprint density at radius 1 is 1.33 bits per heavy atom. The highest BCUT2D eigenvalue weighted by molar-refractivity contribution is 7.80. The van der Waals surface area contributed by atoms with Crippen molar-refractivity contribution in [3.05, 3.63) is 0 Å². The number of carbonyl (C=O) groups is 1. The van der Waals surface area contributed by atoms with Crippen LogP contribution in [-0.2, 0) is 9.36 Å². The van der Waals surface area contributed by atoms with Crippen molar-refractivity contribution in [1.82, 2.24) is 5.32 Å². The van der Waals surface area contributed by atoms with E-state index in [4.69, 9.17) is 19.2 Å². The maximum atomic E-state index is 10.3. The van der Waals surface area contributed by atoms with Crippen molar-refractivity contribution in [1.29, 1.82) is 0 Å². The van der Waals surface area contributed by atoms with Gasteiger partial charge in [0.15, 0.2) is 0 Å². The molecule has 1 aliphatic heterocycles. The number of thiocarbonyl (C=S) groups is 1. The number of carbonyl (C=O) groups excluding carboxylic acids is 1. The van der Waals surface area contributed by atoms with E-state index in [-0.39, 0.29) is 5.91 Å². The third-order valence-corrected chi connectivity index (χ3v) is 1.16. The van der Waals surface area contributed by atoms with Crippen LogP contribution in [0.3, 0.4) is 0 Å². The molecule has 1 amide bonds. The van der Waals surface area contributed by atoms with Gasteiger partial charge in [-0.3, -0.25) is 4.79 Å². The van der Waals surface area contributed by atoms with Crippen LogP contribution in [0, 0.1) is 0 Å². The molecule has 0 aliphatic carbocycles. The summed E-state index contributed by atoms with van der Waals surface area (Å²) in [5.41, 5.74) is 0. The predicted molar refractivity (Wildman–Crippen MR) is 44.2 cm³/mol. The standard InChI is InChI=1S/C4H5NOS.H3O4P/c6-3-1-2-4(7)5-3;1-5(2,3)4/h1-2H2,(H,5,6,7);(H3,1,2,3,4). The number of nitrogens with one attached hydrogen (secondary N) is 1. The minimum Gasteiger partial charge on any atom is -0.320 e. The van der Waals surface area contributed by atoms with Gasteiger partial charge in [-0.25, -0.2) is 4.57 Å². The summed E-state index contributed by atoms with van der Waals surface area (Å²) in [7, 11) is -4.64. The molecule has 0 bridgehead atoms. The third-order valence-electron chi connectivity index (χ3n) is 0.858. The molecular formula is C4H8NO5PS. The van der Waals surface area contributed by atoms with E-state index in [0.717, 1.165) is 6.42 Å². The second-order valence-corrected chi connectivity index (χ2v) is 3.50. The summed E-state index contributed by atoms with van der Waals surface area (Å²) in [6.07, 6.45) is 1.33. The Morgan fingerprint density at radius 2 is 1.75 bits per heavy atom. The fourth-order valence-electron chi connectivity index (χ4n) is 0.508. The van der Waals surface area contributed by atoms with Crippen molar-refractivity contribution in [2.75, 3.05) is 0 Å². The molecule has 1 rings (SSSR count). The number of amides is 1. The van der Waals surface area contributed by atoms with Crippen LogP contribution in [-0.4, -0.2) is 25.6 Å². The minimum absolute atomic E-state index is 0.0602. The predicted octanol–water partition coefficient (Wildman–Crippen LogP) is -0.705. The molecule has 0 saturated carbocycles. The van der Waals surface area contributed by atoms with Gasteiger partial charge in [-0.15, -0.1) is 0 Å². The minimum atomic E-state index is -4.64. The monoisotopic (exact) mass is 213 g/mol. The van der Waals surface area contributed by atoms with Crippen LogP contribution in [0.4, 0.5) is 0 Å². The molecule has 0 unspecified atom stereocenters. The maximum Gasteiger partial charge on any atom is 0.466 e. The zero-order chi connectivity index (χ0) is 9.78. The molecule has 1 fully saturated rings. The molecule has 0 aromatic heterocycles. The summed E-state index contributed by atoms with van der Waals surface area (Å²) in [5, 5.41) is 2.51. The van der Waals surface area contributed by atoms with Crippen molar-refractivity contribution in [2.24, 2.45) is 0 Å². The van der Waals surface area contributed by atoms with E-state index in [0.29, 0.717) is 11.4 Å². The molecule has 4 N–H and O–H groups in total. The lowest BCUT2D eigenvalue weighted by molar-refractivity contribution is -0.118. The molecule has 1 saturated heterocycles. The summed E-state index contributed by atoms with van der Waals surface area (Å²) in [6, 6.07) is 0. The number of rotatable bonds is 0. The average molecular weight is 213 g/mol. The molecular weight excluding hydrogens is 205 g/mol. The highest BCUT2D eigenvalue weighted by atomic mass is 32.1. The zero-order valence-electron chi connectivity index (χ0n) is 5.93. The summed E-state index contributed by atoms with van der Waals surface area (Å²) in [6.45, 7) is 0. The van der Waals surface area contributed by atoms with Crippen LogP contribution in [0.1, 0.15) is 12.8 Å². The van der Waals surface area contributed by atoms with E-state index in [1.165, 1.54) is 0 Å². The van der Waals surface area contributed by atoms with E-state index < -0.39 is 7.82 Å². The molecule has 0 radical (unpaired) electrons. The summed E-state index contributed by atoms with van der Waals surface area (Å²) in [5.74, 6) is 0.0602. The van der Waals surface area contributed by atoms with Crippen molar-refractivity contribution in [3.63, 3.8) is 0 Å². The van der Waals surface area contributed by atoms with E-state index in [2.05, 4.69) is 17.5 Å². The summed E-state index contributed by atoms with van der Waals surface area (Å²) >= 11 is 4.66. The zero-order valence-corrected chi connectivity index (χ0v) is 7.64. The second-order valence-electron chi connectivity index (χ2n) is 1.98. The van der Waals surface area contributed by atoms with Gasteiger partial charge in [0.2, 0.25) is 5.91 Å². The Labute approximate surface area is 73.8 Å². The van der Waals surface area contributed by atoms with E-state index in [1.54, 1.807) is 0 Å². The van der Waals surface area contributed by atoms with E-state index in [1.807, 2.05) is 0 Å². The van der Waals surface area contributed by atoms with Crippen molar-refractivity contribution < 1.29 is 24.0 Å². The average Bonchev–Trinajstić information content (AvgIpc) is 2.09. The number of hydrogen-bond acceptors (Lipinski definition) is 3. The highest BCUT2D eigenvalue weighted by Crippen LogP contribution is 2.25. The van der Waals surface area contributed by atoms with Gasteiger partial charge in [0.1, 0.15) is 0 Å². The Balaban J connectivity index is 0.000000217. The van der Waals surface area contributed by atoms with Crippen LogP contribution in [0.5, 0.6) is 0 Å². The first kappa shape index (κ1) is 11.7. The Morgan fingerprint density at radius 3 is 1.83 bits per heavy atom. The molecule has 0 spiro atoms. The van der Waals surface area contributed by atoms with Crippen LogP contribution < -0.4 is 5.32 Å². The molecule has 70 valence electrons. The quantitative estimate of drug-likeness (QED) is 0.313. The van der Waals surface area contributed by atoms with Gasteiger partial charge in [0, 0.05) is 12.8 Å². The lowest BCUT2D eigenvalue weighted by Gasteiger charge is -1.83. The number of phosphoric acid groups is 1. The van der Waals surface area contributed by atoms with Gasteiger partial charge >= 0.3 is 7.82 Å². The van der Waals surface area contributed by atoms with Gasteiger partial charge in [0.25, 0.3) is 0 Å². The first-order chi connectivity index (χ1) is 5.29. The largest absolute Gasteiger partial charge is 0.466 e. The van der Waals surface area contributed by atoms with Gasteiger partial charge in [-0.05, 0) is 0 Å². The van der Waals surface area contributed by atoms with Crippen LogP contribution >= 0.6 is 20.0 Å². The van der Waals surface area contributed by atoms with Crippen molar-refractivity contribution >= 4 is 30.9 Å². The fourth-order valence-corrected chi connectivity index (χ4v) is 0.723. The molecule has 12 heavy (non-hydrogen) atoms. The van der Waals surface area contributed by atoms with Gasteiger partial charge in [0.05, 0.1) is 4.99 Å². The lowest BCUT2D eigenvalue weighted by Crippen LogP contribution is -2.17. The first-order valence-electron chi connectivity index (χ1n) is 2.90. The van der Waals surface area contributed by atoms with Crippen molar-refractivity contribution in [3.8, 4) is 0 Å². The molecule has 0 aromatic rings. The molecule has 1 heterocycles. The van der Waals surface area contributed by atoms with Crippen LogP contribution in [0.25, 0.3) is 0 Å². The van der Waals surface area contributed by atoms with Crippen LogP contribution in [0.15, 0.2) is 0 Å². The third kappa shape index (κ3) is 9.67. The van der Waals surface area contributed by atoms with E-state index in [9.17, 15) is 4.79 Å². The van der Waals surface area contributed by atoms with Crippen LogP contribution in [0.2, 0.25) is 0 Å².